The Morgan fingerprint density at radius 1 is 1.67 bits per heavy atom. The monoisotopic (exact) mass is 318 g/mol. The van der Waals surface area contributed by atoms with Crippen molar-refractivity contribution in [2.45, 2.75) is 6.42 Å². The van der Waals surface area contributed by atoms with Crippen LogP contribution in [0.3, 0.4) is 0 Å². The van der Waals surface area contributed by atoms with Gasteiger partial charge in [0.2, 0.25) is 5.91 Å². The van der Waals surface area contributed by atoms with Crippen molar-refractivity contribution in [2.75, 3.05) is 18.1 Å². The van der Waals surface area contributed by atoms with Gasteiger partial charge in [0.1, 0.15) is 5.82 Å². The molecule has 1 aliphatic heterocycles. The van der Waals surface area contributed by atoms with E-state index in [9.17, 15) is 4.79 Å². The van der Waals surface area contributed by atoms with E-state index in [1.807, 2.05) is 12.1 Å². The largest absolute Gasteiger partial charge is 0.396 e. The maximum atomic E-state index is 11.6. The van der Waals surface area contributed by atoms with Crippen LogP contribution in [0, 0.1) is 9.49 Å². The first-order chi connectivity index (χ1) is 7.20. The highest BCUT2D eigenvalue weighted by atomic mass is 127. The molecule has 15 heavy (non-hydrogen) atoms. The van der Waals surface area contributed by atoms with Crippen LogP contribution in [0.2, 0.25) is 0 Å². The summed E-state index contributed by atoms with van der Waals surface area (Å²) in [6, 6.07) is 3.76. The molecule has 1 amide bonds. The summed E-state index contributed by atoms with van der Waals surface area (Å²) >= 11 is 2.19. The average Bonchev–Trinajstić information content (AvgIpc) is 2.60. The fourth-order valence-corrected chi connectivity index (χ4v) is 2.11. The molecule has 1 saturated heterocycles. The number of hydrogen-bond donors (Lipinski definition) is 1. The van der Waals surface area contributed by atoms with E-state index in [1.165, 1.54) is 0 Å². The highest BCUT2D eigenvalue weighted by Crippen LogP contribution is 2.23. The Balaban J connectivity index is 2.21. The Morgan fingerprint density at radius 2 is 2.47 bits per heavy atom. The summed E-state index contributed by atoms with van der Waals surface area (Å²) in [6.07, 6.45) is 2.11. The zero-order chi connectivity index (χ0) is 10.8. The lowest BCUT2D eigenvalue weighted by Crippen LogP contribution is -2.25. The maximum Gasteiger partial charge on any atom is 0.228 e. The maximum absolute atomic E-state index is 11.6. The third-order valence-electron chi connectivity index (χ3n) is 2.45. The fourth-order valence-electron chi connectivity index (χ4n) is 1.67. The highest BCUT2D eigenvalue weighted by Gasteiger charge is 2.30. The quantitative estimate of drug-likeness (QED) is 0.829. The standard InChI is InChI=1S/C10H11IN2O2/c11-8-1-2-12-9(4-8)13-5-7(6-14)3-10(13)15/h1-2,4,7,14H,3,5-6H2. The van der Waals surface area contributed by atoms with E-state index in [2.05, 4.69) is 27.6 Å². The molecule has 0 bridgehead atoms. The van der Waals surface area contributed by atoms with E-state index in [4.69, 9.17) is 5.11 Å². The zero-order valence-corrected chi connectivity index (χ0v) is 10.2. The minimum atomic E-state index is 0.0450. The molecular formula is C10H11IN2O2. The number of aromatic nitrogens is 1. The van der Waals surface area contributed by atoms with Crippen molar-refractivity contribution in [1.29, 1.82) is 0 Å². The van der Waals surface area contributed by atoms with Gasteiger partial charge in [-0.25, -0.2) is 4.98 Å². The Bertz CT molecular complexity index is 383. The Kier molecular flexibility index (Phi) is 3.20. The van der Waals surface area contributed by atoms with Gasteiger partial charge in [0.15, 0.2) is 0 Å². The molecule has 0 aliphatic carbocycles. The van der Waals surface area contributed by atoms with E-state index in [1.54, 1.807) is 11.1 Å². The van der Waals surface area contributed by atoms with Crippen molar-refractivity contribution >= 4 is 34.3 Å². The molecule has 2 rings (SSSR count). The number of carbonyl (C=O) groups is 1. The number of pyridine rings is 1. The summed E-state index contributed by atoms with van der Waals surface area (Å²) in [6.45, 7) is 0.634. The van der Waals surface area contributed by atoms with Gasteiger partial charge in [0.25, 0.3) is 0 Å². The number of halogens is 1. The molecular weight excluding hydrogens is 307 g/mol. The van der Waals surface area contributed by atoms with Gasteiger partial charge in [-0.05, 0) is 34.7 Å². The van der Waals surface area contributed by atoms with Gasteiger partial charge < -0.3 is 5.11 Å². The molecule has 0 radical (unpaired) electrons. The smallest absolute Gasteiger partial charge is 0.228 e. The van der Waals surface area contributed by atoms with Gasteiger partial charge in [0, 0.05) is 35.3 Å². The second-order valence-corrected chi connectivity index (χ2v) is 4.83. The summed E-state index contributed by atoms with van der Waals surface area (Å²) in [4.78, 5) is 17.4. The van der Waals surface area contributed by atoms with Gasteiger partial charge >= 0.3 is 0 Å². The second-order valence-electron chi connectivity index (χ2n) is 3.59. The molecule has 1 atom stereocenters. The number of nitrogens with zero attached hydrogens (tertiary/aromatic N) is 2. The van der Waals surface area contributed by atoms with Crippen LogP contribution in [-0.2, 0) is 4.79 Å². The minimum Gasteiger partial charge on any atom is -0.396 e. The summed E-state index contributed by atoms with van der Waals surface area (Å²) in [5.74, 6) is 0.781. The van der Waals surface area contributed by atoms with Crippen LogP contribution < -0.4 is 4.90 Å². The lowest BCUT2D eigenvalue weighted by Gasteiger charge is -2.15. The predicted octanol–water partition coefficient (Wildman–Crippen LogP) is 1.03. The van der Waals surface area contributed by atoms with Gasteiger partial charge in [-0.2, -0.15) is 0 Å². The SMILES string of the molecule is O=C1CC(CO)CN1c1cc(I)ccn1. The van der Waals surface area contributed by atoms with E-state index < -0.39 is 0 Å². The summed E-state index contributed by atoms with van der Waals surface area (Å²) in [7, 11) is 0. The molecule has 4 nitrogen and oxygen atoms in total. The van der Waals surface area contributed by atoms with Gasteiger partial charge in [-0.1, -0.05) is 0 Å². The van der Waals surface area contributed by atoms with E-state index in [-0.39, 0.29) is 18.4 Å². The van der Waals surface area contributed by atoms with Crippen molar-refractivity contribution in [3.63, 3.8) is 0 Å². The lowest BCUT2D eigenvalue weighted by atomic mass is 10.1. The van der Waals surface area contributed by atoms with Gasteiger partial charge in [0.05, 0.1) is 0 Å². The van der Waals surface area contributed by atoms with Gasteiger partial charge in [-0.3, -0.25) is 9.69 Å². The molecule has 1 aromatic heterocycles. The normalized spacial score (nSPS) is 21.1. The molecule has 1 N–H and O–H groups in total. The Labute approximate surface area is 101 Å². The second kappa shape index (κ2) is 4.44. The fraction of sp³-hybridized carbons (Fsp3) is 0.400. The first-order valence-corrected chi connectivity index (χ1v) is 5.81. The third-order valence-corrected chi connectivity index (χ3v) is 3.12. The van der Waals surface area contributed by atoms with E-state index in [0.29, 0.717) is 18.8 Å². The van der Waals surface area contributed by atoms with Crippen molar-refractivity contribution in [1.82, 2.24) is 4.98 Å². The molecule has 1 unspecified atom stereocenters. The number of anilines is 1. The molecule has 0 spiro atoms. The van der Waals surface area contributed by atoms with Crippen molar-refractivity contribution < 1.29 is 9.90 Å². The molecule has 1 aliphatic rings. The molecule has 0 saturated carbocycles. The molecule has 0 aromatic carbocycles. The van der Waals surface area contributed by atoms with Crippen LogP contribution in [0.25, 0.3) is 0 Å². The molecule has 2 heterocycles. The van der Waals surface area contributed by atoms with Crippen LogP contribution >= 0.6 is 22.6 Å². The third kappa shape index (κ3) is 2.28. The van der Waals surface area contributed by atoms with Crippen LogP contribution in [0.4, 0.5) is 5.82 Å². The average molecular weight is 318 g/mol. The van der Waals surface area contributed by atoms with Crippen LogP contribution in [0.5, 0.6) is 0 Å². The number of rotatable bonds is 2. The number of aliphatic hydroxyl groups excluding tert-OH is 1. The van der Waals surface area contributed by atoms with Crippen LogP contribution in [0.15, 0.2) is 18.3 Å². The first kappa shape index (κ1) is 10.8. The van der Waals surface area contributed by atoms with Crippen molar-refractivity contribution in [3.05, 3.63) is 21.9 Å². The van der Waals surface area contributed by atoms with E-state index in [0.717, 1.165) is 3.57 Å². The minimum absolute atomic E-state index is 0.0450. The van der Waals surface area contributed by atoms with Crippen LogP contribution in [-0.4, -0.2) is 29.1 Å². The number of hydrogen-bond acceptors (Lipinski definition) is 3. The highest BCUT2D eigenvalue weighted by molar-refractivity contribution is 14.1. The number of aliphatic hydroxyl groups is 1. The summed E-state index contributed by atoms with van der Waals surface area (Å²) < 4.78 is 1.05. The number of carbonyl (C=O) groups excluding carboxylic acids is 1. The number of amides is 1. The van der Waals surface area contributed by atoms with Crippen molar-refractivity contribution in [2.24, 2.45) is 5.92 Å². The molecule has 5 heteroatoms. The van der Waals surface area contributed by atoms with E-state index >= 15 is 0 Å². The topological polar surface area (TPSA) is 53.4 Å². The molecule has 1 aromatic rings. The van der Waals surface area contributed by atoms with Gasteiger partial charge in [-0.15, -0.1) is 0 Å². The predicted molar refractivity (Wildman–Crippen MR) is 64.5 cm³/mol. The molecule has 1 fully saturated rings. The summed E-state index contributed by atoms with van der Waals surface area (Å²) in [5, 5.41) is 9.00. The lowest BCUT2D eigenvalue weighted by molar-refractivity contribution is -0.117. The first-order valence-electron chi connectivity index (χ1n) is 4.73. The Morgan fingerprint density at radius 3 is 3.07 bits per heavy atom. The summed E-state index contributed by atoms with van der Waals surface area (Å²) in [5.41, 5.74) is 0. The van der Waals surface area contributed by atoms with Crippen LogP contribution in [0.1, 0.15) is 6.42 Å². The molecule has 80 valence electrons. The Hall–Kier alpha value is -0.690. The van der Waals surface area contributed by atoms with Crippen molar-refractivity contribution in [3.8, 4) is 0 Å². The zero-order valence-electron chi connectivity index (χ0n) is 8.06.